The standard InChI is InChI=1S/C15H18FNO/c1-2-3-6-9-17-10-11-18-15(12-17)13-7-4-5-8-14(13)16/h4-5,7-8,15H,6,9-12H2,1H3. The van der Waals surface area contributed by atoms with Gasteiger partial charge in [-0.2, -0.15) is 0 Å². The molecule has 0 bridgehead atoms. The first-order valence-corrected chi connectivity index (χ1v) is 6.29. The molecule has 1 unspecified atom stereocenters. The van der Waals surface area contributed by atoms with E-state index in [9.17, 15) is 4.39 Å². The quantitative estimate of drug-likeness (QED) is 0.761. The Bertz CT molecular complexity index is 449. The molecule has 1 aliphatic rings. The molecule has 1 aliphatic heterocycles. The molecule has 0 spiro atoms. The largest absolute Gasteiger partial charge is 0.371 e. The Morgan fingerprint density at radius 1 is 1.44 bits per heavy atom. The van der Waals surface area contributed by atoms with E-state index < -0.39 is 0 Å². The van der Waals surface area contributed by atoms with Crippen LogP contribution in [0.5, 0.6) is 0 Å². The summed E-state index contributed by atoms with van der Waals surface area (Å²) in [4.78, 5) is 2.28. The van der Waals surface area contributed by atoms with Gasteiger partial charge < -0.3 is 4.74 Å². The third kappa shape index (κ3) is 3.32. The van der Waals surface area contributed by atoms with Crippen LogP contribution < -0.4 is 0 Å². The summed E-state index contributed by atoms with van der Waals surface area (Å²) in [7, 11) is 0. The van der Waals surface area contributed by atoms with Crippen LogP contribution in [0, 0.1) is 17.7 Å². The number of nitrogens with zero attached hydrogens (tertiary/aromatic N) is 1. The molecule has 2 nitrogen and oxygen atoms in total. The van der Waals surface area contributed by atoms with Gasteiger partial charge in [-0.15, -0.1) is 11.8 Å². The first-order chi connectivity index (χ1) is 8.81. The lowest BCUT2D eigenvalue weighted by molar-refractivity contribution is -0.0307. The number of halogens is 1. The molecule has 1 aromatic carbocycles. The number of morpholine rings is 1. The zero-order valence-electron chi connectivity index (χ0n) is 10.7. The Kier molecular flexibility index (Phi) is 4.74. The van der Waals surface area contributed by atoms with E-state index in [0.29, 0.717) is 12.2 Å². The molecular formula is C15H18FNO. The molecule has 1 heterocycles. The molecule has 0 N–H and O–H groups in total. The average Bonchev–Trinajstić information content (AvgIpc) is 2.40. The minimum absolute atomic E-state index is 0.158. The van der Waals surface area contributed by atoms with Gasteiger partial charge in [0, 0.05) is 31.6 Å². The molecule has 2 rings (SSSR count). The maximum absolute atomic E-state index is 13.7. The number of hydrogen-bond donors (Lipinski definition) is 0. The molecule has 1 saturated heterocycles. The molecule has 1 aromatic rings. The fourth-order valence-electron chi connectivity index (χ4n) is 2.17. The van der Waals surface area contributed by atoms with Gasteiger partial charge in [0.25, 0.3) is 0 Å². The van der Waals surface area contributed by atoms with Gasteiger partial charge in [0.2, 0.25) is 0 Å². The van der Waals surface area contributed by atoms with Crippen molar-refractivity contribution < 1.29 is 9.13 Å². The Morgan fingerprint density at radius 3 is 3.06 bits per heavy atom. The summed E-state index contributed by atoms with van der Waals surface area (Å²) in [5.41, 5.74) is 0.656. The van der Waals surface area contributed by atoms with Crippen LogP contribution in [0.25, 0.3) is 0 Å². The monoisotopic (exact) mass is 247 g/mol. The smallest absolute Gasteiger partial charge is 0.129 e. The van der Waals surface area contributed by atoms with Crippen molar-refractivity contribution in [2.75, 3.05) is 26.2 Å². The van der Waals surface area contributed by atoms with Gasteiger partial charge in [-0.25, -0.2) is 4.39 Å². The molecule has 96 valence electrons. The summed E-state index contributed by atoms with van der Waals surface area (Å²) < 4.78 is 19.4. The van der Waals surface area contributed by atoms with Gasteiger partial charge >= 0.3 is 0 Å². The van der Waals surface area contributed by atoms with E-state index in [-0.39, 0.29) is 11.9 Å². The zero-order chi connectivity index (χ0) is 12.8. The Hall–Kier alpha value is -1.37. The lowest BCUT2D eigenvalue weighted by Gasteiger charge is -2.32. The van der Waals surface area contributed by atoms with Gasteiger partial charge in [-0.1, -0.05) is 18.2 Å². The fraction of sp³-hybridized carbons (Fsp3) is 0.467. The van der Waals surface area contributed by atoms with Crippen LogP contribution in [0.3, 0.4) is 0 Å². The minimum atomic E-state index is -0.183. The van der Waals surface area contributed by atoms with E-state index in [1.54, 1.807) is 12.1 Å². The molecule has 0 aliphatic carbocycles. The van der Waals surface area contributed by atoms with Gasteiger partial charge in [0.05, 0.1) is 12.7 Å². The summed E-state index contributed by atoms with van der Waals surface area (Å²) in [5, 5.41) is 0. The number of ether oxygens (including phenoxy) is 1. The number of rotatable bonds is 3. The summed E-state index contributed by atoms with van der Waals surface area (Å²) in [6.45, 7) is 5.07. The second kappa shape index (κ2) is 6.53. The van der Waals surface area contributed by atoms with Crippen molar-refractivity contribution in [2.24, 2.45) is 0 Å². The van der Waals surface area contributed by atoms with Crippen LogP contribution in [0.4, 0.5) is 4.39 Å². The normalized spacial score (nSPS) is 20.2. The minimum Gasteiger partial charge on any atom is -0.371 e. The van der Waals surface area contributed by atoms with Crippen molar-refractivity contribution in [3.63, 3.8) is 0 Å². The Labute approximate surface area is 108 Å². The van der Waals surface area contributed by atoms with E-state index in [4.69, 9.17) is 4.74 Å². The summed E-state index contributed by atoms with van der Waals surface area (Å²) >= 11 is 0. The van der Waals surface area contributed by atoms with Crippen molar-refractivity contribution in [2.45, 2.75) is 19.4 Å². The van der Waals surface area contributed by atoms with E-state index in [1.807, 2.05) is 13.0 Å². The van der Waals surface area contributed by atoms with Crippen LogP contribution in [0.1, 0.15) is 25.0 Å². The maximum Gasteiger partial charge on any atom is 0.129 e. The fourth-order valence-corrected chi connectivity index (χ4v) is 2.17. The maximum atomic E-state index is 13.7. The van der Waals surface area contributed by atoms with E-state index in [1.165, 1.54) is 6.07 Å². The molecule has 0 amide bonds. The number of benzene rings is 1. The molecule has 0 saturated carbocycles. The van der Waals surface area contributed by atoms with Gasteiger partial charge in [0.1, 0.15) is 5.82 Å². The highest BCUT2D eigenvalue weighted by Gasteiger charge is 2.23. The topological polar surface area (TPSA) is 12.5 Å². The lowest BCUT2D eigenvalue weighted by atomic mass is 10.1. The predicted octanol–water partition coefficient (Wildman–Crippen LogP) is 2.61. The second-order valence-electron chi connectivity index (χ2n) is 4.36. The zero-order valence-corrected chi connectivity index (χ0v) is 10.7. The summed E-state index contributed by atoms with van der Waals surface area (Å²) in [5.74, 6) is 5.76. The second-order valence-corrected chi connectivity index (χ2v) is 4.36. The van der Waals surface area contributed by atoms with Crippen molar-refractivity contribution in [3.05, 3.63) is 35.6 Å². The van der Waals surface area contributed by atoms with E-state index in [2.05, 4.69) is 16.7 Å². The van der Waals surface area contributed by atoms with Crippen molar-refractivity contribution in [3.8, 4) is 11.8 Å². The summed E-state index contributed by atoms with van der Waals surface area (Å²) in [6.07, 6.45) is 0.704. The highest BCUT2D eigenvalue weighted by atomic mass is 19.1. The molecule has 18 heavy (non-hydrogen) atoms. The molecule has 1 atom stereocenters. The van der Waals surface area contributed by atoms with Crippen LogP contribution in [-0.2, 0) is 4.74 Å². The Balaban J connectivity index is 1.97. The molecule has 1 fully saturated rings. The van der Waals surface area contributed by atoms with Crippen molar-refractivity contribution in [1.29, 1.82) is 0 Å². The predicted molar refractivity (Wildman–Crippen MR) is 69.6 cm³/mol. The van der Waals surface area contributed by atoms with Crippen LogP contribution in [-0.4, -0.2) is 31.1 Å². The first-order valence-electron chi connectivity index (χ1n) is 6.29. The summed E-state index contributed by atoms with van der Waals surface area (Å²) in [6, 6.07) is 6.84. The molecule has 0 radical (unpaired) electrons. The van der Waals surface area contributed by atoms with Crippen LogP contribution in [0.2, 0.25) is 0 Å². The van der Waals surface area contributed by atoms with Gasteiger partial charge in [0.15, 0.2) is 0 Å². The number of hydrogen-bond acceptors (Lipinski definition) is 2. The van der Waals surface area contributed by atoms with Crippen LogP contribution >= 0.6 is 0 Å². The highest BCUT2D eigenvalue weighted by Crippen LogP contribution is 2.24. The van der Waals surface area contributed by atoms with E-state index >= 15 is 0 Å². The molecule has 0 aromatic heterocycles. The molecule has 3 heteroatoms. The van der Waals surface area contributed by atoms with E-state index in [0.717, 1.165) is 26.1 Å². The highest BCUT2D eigenvalue weighted by molar-refractivity contribution is 5.20. The average molecular weight is 247 g/mol. The van der Waals surface area contributed by atoms with Crippen molar-refractivity contribution in [1.82, 2.24) is 4.90 Å². The third-order valence-corrected chi connectivity index (χ3v) is 3.13. The van der Waals surface area contributed by atoms with Gasteiger partial charge in [-0.3, -0.25) is 4.90 Å². The Morgan fingerprint density at radius 2 is 2.28 bits per heavy atom. The molecular weight excluding hydrogens is 229 g/mol. The first kappa shape index (κ1) is 13.1. The SMILES string of the molecule is CC#CCCN1CCOC(c2ccccc2F)C1. The third-order valence-electron chi connectivity index (χ3n) is 3.13. The lowest BCUT2D eigenvalue weighted by Crippen LogP contribution is -2.39. The van der Waals surface area contributed by atoms with Crippen molar-refractivity contribution >= 4 is 0 Å². The van der Waals surface area contributed by atoms with Crippen LogP contribution in [0.15, 0.2) is 24.3 Å². The van der Waals surface area contributed by atoms with Gasteiger partial charge in [-0.05, 0) is 13.0 Å².